The first-order valence-electron chi connectivity index (χ1n) is 18.9. The fraction of sp³-hybridized carbons (Fsp3) is 0.463. The highest BCUT2D eigenvalue weighted by atomic mass is 16.5. The Labute approximate surface area is 307 Å². The maximum atomic E-state index is 13.5. The van der Waals surface area contributed by atoms with Crippen LogP contribution in [0.1, 0.15) is 101 Å². The highest BCUT2D eigenvalue weighted by Crippen LogP contribution is 2.40. The minimum absolute atomic E-state index is 0.0912. The molecule has 1 saturated heterocycles. The van der Waals surface area contributed by atoms with E-state index in [2.05, 4.69) is 125 Å². The van der Waals surface area contributed by atoms with Crippen molar-refractivity contribution in [2.45, 2.75) is 96.7 Å². The maximum Gasteiger partial charge on any atom is 0.320 e. The molecule has 3 aromatic heterocycles. The molecule has 0 radical (unpaired) electrons. The fourth-order valence-electron chi connectivity index (χ4n) is 7.43. The molecule has 4 heterocycles. The van der Waals surface area contributed by atoms with Crippen LogP contribution in [0.2, 0.25) is 0 Å². The number of amides is 2. The van der Waals surface area contributed by atoms with Crippen LogP contribution in [0.15, 0.2) is 72.9 Å². The number of urea groups is 1. The summed E-state index contributed by atoms with van der Waals surface area (Å²) in [6, 6.07) is 23.0. The fourth-order valence-corrected chi connectivity index (χ4v) is 7.43. The SMILES string of the molecule is CCN(C)Cc1ccc(-n2nc(C(C)(C)C)cc2NC(=O)NCC2CCC(Oc3ccc4nnc(N5CCCCC5C)n4c3)c3ccccc32)cc1. The van der Waals surface area contributed by atoms with Crippen molar-refractivity contribution in [3.05, 3.63) is 95.3 Å². The molecule has 0 saturated carbocycles. The van der Waals surface area contributed by atoms with Gasteiger partial charge in [0, 0.05) is 43.1 Å². The summed E-state index contributed by atoms with van der Waals surface area (Å²) in [5, 5.41) is 20.2. The second-order valence-corrected chi connectivity index (χ2v) is 15.5. The van der Waals surface area contributed by atoms with Gasteiger partial charge in [0.2, 0.25) is 5.95 Å². The molecule has 2 aliphatic rings. The molecule has 11 heteroatoms. The number of nitrogens with zero attached hydrogens (tertiary/aromatic N) is 7. The van der Waals surface area contributed by atoms with Crippen LogP contribution in [-0.2, 0) is 12.0 Å². The molecule has 0 bridgehead atoms. The third kappa shape index (κ3) is 7.65. The molecule has 11 nitrogen and oxygen atoms in total. The predicted octanol–water partition coefficient (Wildman–Crippen LogP) is 7.86. The van der Waals surface area contributed by atoms with Crippen molar-refractivity contribution in [2.75, 3.05) is 36.9 Å². The Morgan fingerprint density at radius 2 is 1.77 bits per heavy atom. The molecule has 3 atom stereocenters. The van der Waals surface area contributed by atoms with E-state index in [1.807, 2.05) is 29.1 Å². The zero-order valence-electron chi connectivity index (χ0n) is 31.5. The van der Waals surface area contributed by atoms with Crippen molar-refractivity contribution in [3.8, 4) is 11.4 Å². The Morgan fingerprint density at radius 1 is 0.981 bits per heavy atom. The second kappa shape index (κ2) is 15.0. The molecule has 0 spiro atoms. The van der Waals surface area contributed by atoms with Gasteiger partial charge >= 0.3 is 6.03 Å². The van der Waals surface area contributed by atoms with Gasteiger partial charge in [-0.3, -0.25) is 9.72 Å². The van der Waals surface area contributed by atoms with Crippen LogP contribution in [0, 0.1) is 0 Å². The number of carbonyl (C=O) groups is 1. The number of hydrogen-bond donors (Lipinski definition) is 2. The average Bonchev–Trinajstić information content (AvgIpc) is 3.76. The van der Waals surface area contributed by atoms with E-state index in [-0.39, 0.29) is 23.5 Å². The normalized spacial score (nSPS) is 19.1. The second-order valence-electron chi connectivity index (χ2n) is 15.5. The third-order valence-corrected chi connectivity index (χ3v) is 10.7. The lowest BCUT2D eigenvalue weighted by Gasteiger charge is -2.33. The predicted molar refractivity (Wildman–Crippen MR) is 207 cm³/mol. The molecule has 2 aromatic carbocycles. The van der Waals surface area contributed by atoms with E-state index in [9.17, 15) is 4.79 Å². The molecule has 1 fully saturated rings. The van der Waals surface area contributed by atoms with Crippen LogP contribution in [-0.4, -0.2) is 68.0 Å². The lowest BCUT2D eigenvalue weighted by molar-refractivity contribution is 0.175. The van der Waals surface area contributed by atoms with Gasteiger partial charge in [0.25, 0.3) is 0 Å². The zero-order valence-corrected chi connectivity index (χ0v) is 31.5. The van der Waals surface area contributed by atoms with Crippen molar-refractivity contribution in [2.24, 2.45) is 0 Å². The van der Waals surface area contributed by atoms with Gasteiger partial charge in [0.1, 0.15) is 17.7 Å². The van der Waals surface area contributed by atoms with Crippen LogP contribution in [0.4, 0.5) is 16.6 Å². The molecule has 3 unspecified atom stereocenters. The topological polar surface area (TPSA) is 105 Å². The van der Waals surface area contributed by atoms with E-state index in [4.69, 9.17) is 9.84 Å². The van der Waals surface area contributed by atoms with Crippen molar-refractivity contribution >= 4 is 23.4 Å². The lowest BCUT2D eigenvalue weighted by Crippen LogP contribution is -2.38. The summed E-state index contributed by atoms with van der Waals surface area (Å²) in [4.78, 5) is 18.1. The molecule has 274 valence electrons. The maximum absolute atomic E-state index is 13.5. The van der Waals surface area contributed by atoms with Crippen LogP contribution in [0.25, 0.3) is 11.3 Å². The number of fused-ring (bicyclic) bond motifs is 2. The minimum Gasteiger partial charge on any atom is -0.484 e. The number of ether oxygens (including phenoxy) is 1. The smallest absolute Gasteiger partial charge is 0.320 e. The number of carbonyl (C=O) groups excluding carboxylic acids is 1. The summed E-state index contributed by atoms with van der Waals surface area (Å²) >= 11 is 0. The Balaban J connectivity index is 1.03. The average molecular weight is 704 g/mol. The van der Waals surface area contributed by atoms with Gasteiger partial charge in [-0.1, -0.05) is 64.1 Å². The summed E-state index contributed by atoms with van der Waals surface area (Å²) in [6.07, 6.45) is 7.25. The molecule has 2 amide bonds. The molecule has 1 aliphatic carbocycles. The Morgan fingerprint density at radius 3 is 2.52 bits per heavy atom. The highest BCUT2D eigenvalue weighted by Gasteiger charge is 2.30. The van der Waals surface area contributed by atoms with E-state index >= 15 is 0 Å². The standard InChI is InChI=1S/C41H53N9O2/c1-7-47(6)26-29-15-18-31(19-16-29)50-38(24-36(46-50)41(3,4)5)43-39(51)42-25-30-17-21-35(34-14-9-8-13-33(30)34)52-32-20-22-37-44-45-40(49(37)27-32)48-23-11-10-12-28(48)2/h8-9,13-16,18-20,22,24,27-28,30,35H,7,10-12,17,21,23,25-26H2,1-6H3,(H2,42,43,51). The van der Waals surface area contributed by atoms with Gasteiger partial charge in [-0.05, 0) is 93.6 Å². The van der Waals surface area contributed by atoms with Crippen LogP contribution in [0.3, 0.4) is 0 Å². The lowest BCUT2D eigenvalue weighted by atomic mass is 9.81. The van der Waals surface area contributed by atoms with E-state index < -0.39 is 0 Å². The number of pyridine rings is 1. The summed E-state index contributed by atoms with van der Waals surface area (Å²) in [5.74, 6) is 2.48. The van der Waals surface area contributed by atoms with Gasteiger partial charge in [0.15, 0.2) is 5.65 Å². The Hall–Kier alpha value is -4.90. The molecular weight excluding hydrogens is 651 g/mol. The van der Waals surface area contributed by atoms with E-state index in [0.29, 0.717) is 18.4 Å². The van der Waals surface area contributed by atoms with Gasteiger partial charge in [-0.2, -0.15) is 5.10 Å². The van der Waals surface area contributed by atoms with Crippen molar-refractivity contribution in [1.29, 1.82) is 0 Å². The third-order valence-electron chi connectivity index (χ3n) is 10.7. The summed E-state index contributed by atoms with van der Waals surface area (Å²) in [5.41, 5.74) is 6.06. The number of piperidine rings is 1. The van der Waals surface area contributed by atoms with Gasteiger partial charge in [0.05, 0.1) is 17.6 Å². The van der Waals surface area contributed by atoms with Gasteiger partial charge in [-0.25, -0.2) is 9.48 Å². The van der Waals surface area contributed by atoms with E-state index in [0.717, 1.165) is 73.2 Å². The first-order chi connectivity index (χ1) is 25.1. The monoisotopic (exact) mass is 703 g/mol. The van der Waals surface area contributed by atoms with E-state index in [1.54, 1.807) is 0 Å². The minimum atomic E-state index is -0.250. The molecule has 5 aromatic rings. The number of hydrogen-bond acceptors (Lipinski definition) is 7. The van der Waals surface area contributed by atoms with Crippen LogP contribution < -0.4 is 20.3 Å². The molecule has 52 heavy (non-hydrogen) atoms. The Kier molecular flexibility index (Phi) is 10.2. The number of nitrogens with one attached hydrogen (secondary N) is 2. The quantitative estimate of drug-likeness (QED) is 0.153. The Bertz CT molecular complexity index is 1990. The molecular formula is C41H53N9O2. The van der Waals surface area contributed by atoms with Crippen LogP contribution in [0.5, 0.6) is 5.75 Å². The molecule has 1 aliphatic heterocycles. The van der Waals surface area contributed by atoms with Gasteiger partial charge in [-0.15, -0.1) is 10.2 Å². The number of anilines is 2. The first-order valence-corrected chi connectivity index (χ1v) is 18.9. The summed E-state index contributed by atoms with van der Waals surface area (Å²) in [7, 11) is 2.11. The largest absolute Gasteiger partial charge is 0.484 e. The van der Waals surface area contributed by atoms with Crippen molar-refractivity contribution < 1.29 is 9.53 Å². The zero-order chi connectivity index (χ0) is 36.4. The van der Waals surface area contributed by atoms with Crippen molar-refractivity contribution in [3.63, 3.8) is 0 Å². The molecule has 2 N–H and O–H groups in total. The summed E-state index contributed by atoms with van der Waals surface area (Å²) in [6.45, 7) is 14.2. The number of aromatic nitrogens is 5. The summed E-state index contributed by atoms with van der Waals surface area (Å²) < 4.78 is 10.6. The number of benzene rings is 2. The number of rotatable bonds is 10. The van der Waals surface area contributed by atoms with E-state index in [1.165, 1.54) is 24.0 Å². The van der Waals surface area contributed by atoms with Crippen molar-refractivity contribution in [1.82, 2.24) is 34.6 Å². The van der Waals surface area contributed by atoms with Crippen LogP contribution >= 0.6 is 0 Å². The van der Waals surface area contributed by atoms with Gasteiger partial charge < -0.3 is 19.9 Å². The highest BCUT2D eigenvalue weighted by molar-refractivity contribution is 5.88. The first kappa shape index (κ1) is 35.5. The molecule has 7 rings (SSSR count).